The first-order chi connectivity index (χ1) is 18.4. The summed E-state index contributed by atoms with van der Waals surface area (Å²) in [5.41, 5.74) is 6.36. The molecule has 2 amide bonds. The second-order valence-corrected chi connectivity index (χ2v) is 11.4. The molecule has 1 atom stereocenters. The van der Waals surface area contributed by atoms with Gasteiger partial charge in [0.15, 0.2) is 0 Å². The summed E-state index contributed by atoms with van der Waals surface area (Å²) in [6.07, 6.45) is 6.58. The van der Waals surface area contributed by atoms with Gasteiger partial charge in [0.2, 0.25) is 0 Å². The molecule has 8 heteroatoms. The van der Waals surface area contributed by atoms with Crippen LogP contribution in [0.2, 0.25) is 5.02 Å². The van der Waals surface area contributed by atoms with Crippen LogP contribution < -0.4 is 5.32 Å². The number of methoxy groups -OCH3 is 1. The lowest BCUT2D eigenvalue weighted by Gasteiger charge is -2.32. The summed E-state index contributed by atoms with van der Waals surface area (Å²) in [6.45, 7) is 2.52. The monoisotopic (exact) mass is 545 g/mol. The van der Waals surface area contributed by atoms with E-state index in [1.807, 2.05) is 28.4 Å². The molecule has 194 valence electrons. The Morgan fingerprint density at radius 1 is 1.05 bits per heavy atom. The molecule has 1 aliphatic heterocycles. The molecular weight excluding hydrogens is 518 g/mol. The Bertz CT molecular complexity index is 1560. The van der Waals surface area contributed by atoms with Crippen molar-refractivity contribution in [2.75, 3.05) is 12.4 Å². The van der Waals surface area contributed by atoms with E-state index in [9.17, 15) is 9.59 Å². The Balaban J connectivity index is 1.50. The standard InChI is InChI=1S/C30H28ClN3O3S/c1-18-7-5-8-19(15-18)27-25-10-6-14-33(25)28-23(21-9-3-4-11-26(21)38-28)17-34(27)30(36)32-24-16-20(31)12-13-22(24)29(35)37-2/h5-8,10,12-16,27H,3-4,9,11,17H2,1-2H3,(H,32,36). The Hall–Kier alpha value is -3.55. The van der Waals surface area contributed by atoms with Crippen LogP contribution in [0, 0.1) is 6.92 Å². The number of ether oxygens (including phenoxy) is 1. The zero-order valence-corrected chi connectivity index (χ0v) is 22.9. The van der Waals surface area contributed by atoms with Crippen molar-refractivity contribution in [3.05, 3.63) is 104 Å². The van der Waals surface area contributed by atoms with Crippen LogP contribution in [-0.2, 0) is 24.1 Å². The van der Waals surface area contributed by atoms with E-state index in [1.54, 1.807) is 18.2 Å². The van der Waals surface area contributed by atoms with E-state index < -0.39 is 5.97 Å². The lowest BCUT2D eigenvalue weighted by Crippen LogP contribution is -2.38. The van der Waals surface area contributed by atoms with Crippen LogP contribution in [0.15, 0.2) is 60.8 Å². The molecule has 4 aromatic rings. The molecule has 3 heterocycles. The molecule has 0 bridgehead atoms. The van der Waals surface area contributed by atoms with Gasteiger partial charge >= 0.3 is 12.0 Å². The second-order valence-electron chi connectivity index (χ2n) is 9.85. The van der Waals surface area contributed by atoms with Crippen LogP contribution in [0.3, 0.4) is 0 Å². The number of nitrogens with one attached hydrogen (secondary N) is 1. The zero-order valence-electron chi connectivity index (χ0n) is 21.3. The van der Waals surface area contributed by atoms with E-state index in [-0.39, 0.29) is 17.6 Å². The van der Waals surface area contributed by atoms with Crippen LogP contribution >= 0.6 is 22.9 Å². The first-order valence-corrected chi connectivity index (χ1v) is 14.0. The molecular formula is C30H28ClN3O3S. The Morgan fingerprint density at radius 3 is 2.71 bits per heavy atom. The fraction of sp³-hybridized carbons (Fsp3) is 0.267. The number of esters is 1. The number of hydrogen-bond donors (Lipinski definition) is 1. The van der Waals surface area contributed by atoms with Gasteiger partial charge in [0, 0.05) is 21.7 Å². The average Bonchev–Trinajstić information content (AvgIpc) is 3.50. The molecule has 2 aliphatic rings. The molecule has 6 nitrogen and oxygen atoms in total. The molecule has 0 saturated carbocycles. The maximum Gasteiger partial charge on any atom is 0.339 e. The first kappa shape index (κ1) is 24.8. The maximum absolute atomic E-state index is 14.2. The number of halogens is 1. The predicted molar refractivity (Wildman–Crippen MR) is 151 cm³/mol. The van der Waals surface area contributed by atoms with E-state index in [0.717, 1.165) is 36.1 Å². The van der Waals surface area contributed by atoms with Crippen molar-refractivity contribution in [1.29, 1.82) is 0 Å². The van der Waals surface area contributed by atoms with Crippen molar-refractivity contribution in [2.45, 2.75) is 45.2 Å². The van der Waals surface area contributed by atoms with E-state index in [4.69, 9.17) is 16.3 Å². The van der Waals surface area contributed by atoms with Gasteiger partial charge in [0.1, 0.15) is 5.00 Å². The third-order valence-corrected chi connectivity index (χ3v) is 8.99. The van der Waals surface area contributed by atoms with Gasteiger partial charge in [-0.2, -0.15) is 0 Å². The fourth-order valence-electron chi connectivity index (χ4n) is 5.67. The molecule has 6 rings (SSSR count). The zero-order chi connectivity index (χ0) is 26.4. The van der Waals surface area contributed by atoms with Gasteiger partial charge in [-0.05, 0) is 74.1 Å². The summed E-state index contributed by atoms with van der Waals surface area (Å²) in [6, 6.07) is 16.6. The number of nitrogens with zero attached hydrogens (tertiary/aromatic N) is 2. The second kappa shape index (κ2) is 9.97. The van der Waals surface area contributed by atoms with Gasteiger partial charge in [-0.25, -0.2) is 9.59 Å². The highest BCUT2D eigenvalue weighted by molar-refractivity contribution is 7.15. The highest BCUT2D eigenvalue weighted by Gasteiger charge is 2.36. The van der Waals surface area contributed by atoms with Crippen molar-refractivity contribution in [3.8, 4) is 5.00 Å². The number of carbonyl (C=O) groups excluding carboxylic acids is 2. The SMILES string of the molecule is COC(=O)c1ccc(Cl)cc1NC(=O)N1Cc2c(sc3c2CCCC3)-n2cccc2C1c1cccc(C)c1. The summed E-state index contributed by atoms with van der Waals surface area (Å²) in [7, 11) is 1.32. The Kier molecular flexibility index (Phi) is 6.50. The minimum absolute atomic E-state index is 0.254. The normalized spacial score (nSPS) is 16.2. The number of aromatic nitrogens is 1. The van der Waals surface area contributed by atoms with E-state index >= 15 is 0 Å². The lowest BCUT2D eigenvalue weighted by atomic mass is 9.95. The third-order valence-electron chi connectivity index (χ3n) is 7.43. The molecule has 2 aromatic carbocycles. The molecule has 0 spiro atoms. The van der Waals surface area contributed by atoms with Crippen LogP contribution in [0.5, 0.6) is 0 Å². The highest BCUT2D eigenvalue weighted by Crippen LogP contribution is 2.44. The highest BCUT2D eigenvalue weighted by atomic mass is 35.5. The number of thiophene rings is 1. The number of amides is 2. The number of hydrogen-bond acceptors (Lipinski definition) is 4. The lowest BCUT2D eigenvalue weighted by molar-refractivity contribution is 0.0602. The van der Waals surface area contributed by atoms with Crippen molar-refractivity contribution in [2.24, 2.45) is 0 Å². The van der Waals surface area contributed by atoms with Gasteiger partial charge in [0.25, 0.3) is 0 Å². The number of aryl methyl sites for hydroxylation is 2. The van der Waals surface area contributed by atoms with Crippen molar-refractivity contribution < 1.29 is 14.3 Å². The summed E-state index contributed by atoms with van der Waals surface area (Å²) in [5, 5.41) is 4.62. The topological polar surface area (TPSA) is 63.6 Å². The summed E-state index contributed by atoms with van der Waals surface area (Å²) >= 11 is 8.12. The molecule has 2 aromatic heterocycles. The molecule has 0 saturated heterocycles. The summed E-state index contributed by atoms with van der Waals surface area (Å²) < 4.78 is 7.21. The molecule has 0 fully saturated rings. The Morgan fingerprint density at radius 2 is 1.89 bits per heavy atom. The minimum atomic E-state index is -0.536. The smallest absolute Gasteiger partial charge is 0.339 e. The van der Waals surface area contributed by atoms with Gasteiger partial charge in [0.05, 0.1) is 36.6 Å². The number of benzene rings is 2. The van der Waals surface area contributed by atoms with E-state index in [1.165, 1.54) is 34.5 Å². The predicted octanol–water partition coefficient (Wildman–Crippen LogP) is 7.30. The van der Waals surface area contributed by atoms with Crippen molar-refractivity contribution >= 4 is 40.6 Å². The number of anilines is 1. The molecule has 1 unspecified atom stereocenters. The maximum atomic E-state index is 14.2. The van der Waals surface area contributed by atoms with Crippen LogP contribution in [0.25, 0.3) is 5.00 Å². The van der Waals surface area contributed by atoms with E-state index in [0.29, 0.717) is 17.3 Å². The van der Waals surface area contributed by atoms with Crippen LogP contribution in [-0.4, -0.2) is 28.6 Å². The first-order valence-electron chi connectivity index (χ1n) is 12.8. The van der Waals surface area contributed by atoms with Gasteiger partial charge < -0.3 is 19.5 Å². The van der Waals surface area contributed by atoms with Gasteiger partial charge in [-0.15, -0.1) is 11.3 Å². The van der Waals surface area contributed by atoms with Crippen molar-refractivity contribution in [1.82, 2.24) is 9.47 Å². The van der Waals surface area contributed by atoms with Gasteiger partial charge in [-0.3, -0.25) is 0 Å². The quantitative estimate of drug-likeness (QED) is 0.275. The van der Waals surface area contributed by atoms with Crippen molar-refractivity contribution in [3.63, 3.8) is 0 Å². The fourth-order valence-corrected chi connectivity index (χ4v) is 7.25. The molecule has 1 N–H and O–H groups in total. The van der Waals surface area contributed by atoms with E-state index in [2.05, 4.69) is 47.3 Å². The number of urea groups is 1. The van der Waals surface area contributed by atoms with Gasteiger partial charge in [-0.1, -0.05) is 41.4 Å². The number of rotatable bonds is 3. The summed E-state index contributed by atoms with van der Waals surface area (Å²) in [5.74, 6) is -0.536. The third kappa shape index (κ3) is 4.29. The average molecular weight is 546 g/mol. The summed E-state index contributed by atoms with van der Waals surface area (Å²) in [4.78, 5) is 30.0. The van der Waals surface area contributed by atoms with Crippen LogP contribution in [0.4, 0.5) is 10.5 Å². The molecule has 1 aliphatic carbocycles. The Labute approximate surface area is 230 Å². The van der Waals surface area contributed by atoms with Crippen LogP contribution in [0.1, 0.15) is 62.1 Å². The molecule has 0 radical (unpaired) electrons. The largest absolute Gasteiger partial charge is 0.465 e. The molecule has 38 heavy (non-hydrogen) atoms. The number of fused-ring (bicyclic) bond motifs is 5. The number of carbonyl (C=O) groups is 2. The minimum Gasteiger partial charge on any atom is -0.465 e.